The smallest absolute Gasteiger partial charge is 0.119 e. The second-order valence-corrected chi connectivity index (χ2v) is 5.87. The summed E-state index contributed by atoms with van der Waals surface area (Å²) in [6, 6.07) is 8.58. The summed E-state index contributed by atoms with van der Waals surface area (Å²) in [6.07, 6.45) is 1.06. The molecule has 2 aliphatic rings. The molecule has 2 fully saturated rings. The van der Waals surface area contributed by atoms with Gasteiger partial charge in [0.15, 0.2) is 0 Å². The molecule has 0 unspecified atom stereocenters. The Morgan fingerprint density at radius 2 is 2.05 bits per heavy atom. The minimum atomic E-state index is 0.809. The fourth-order valence-corrected chi connectivity index (χ4v) is 3.29. The molecule has 0 bridgehead atoms. The van der Waals surface area contributed by atoms with E-state index >= 15 is 0 Å². The van der Waals surface area contributed by atoms with Crippen molar-refractivity contribution >= 4 is 0 Å². The first-order valence-corrected chi connectivity index (χ1v) is 7.50. The summed E-state index contributed by atoms with van der Waals surface area (Å²) in [5.74, 6) is 2.76. The number of nitrogens with one attached hydrogen (secondary N) is 1. The summed E-state index contributed by atoms with van der Waals surface area (Å²) in [4.78, 5) is 2.59. The Balaban J connectivity index is 1.57. The SMILES string of the molecule is CCCOc1cccc(CN2C[C@H]3CNC[C@H]3C2)c1. The van der Waals surface area contributed by atoms with Crippen molar-refractivity contribution in [2.45, 2.75) is 19.9 Å². The van der Waals surface area contributed by atoms with Gasteiger partial charge >= 0.3 is 0 Å². The van der Waals surface area contributed by atoms with E-state index in [0.717, 1.165) is 37.2 Å². The van der Waals surface area contributed by atoms with Gasteiger partial charge in [-0.2, -0.15) is 0 Å². The molecule has 104 valence electrons. The zero-order chi connectivity index (χ0) is 13.1. The molecule has 2 atom stereocenters. The van der Waals surface area contributed by atoms with Crippen molar-refractivity contribution in [2.24, 2.45) is 11.8 Å². The van der Waals surface area contributed by atoms with Crippen LogP contribution >= 0.6 is 0 Å². The second kappa shape index (κ2) is 5.93. The van der Waals surface area contributed by atoms with Gasteiger partial charge in [-0.1, -0.05) is 19.1 Å². The number of hydrogen-bond donors (Lipinski definition) is 1. The van der Waals surface area contributed by atoms with Crippen LogP contribution in [0.15, 0.2) is 24.3 Å². The van der Waals surface area contributed by atoms with Gasteiger partial charge in [-0.05, 0) is 49.0 Å². The molecule has 2 saturated heterocycles. The average Bonchev–Trinajstić information content (AvgIpc) is 2.97. The predicted octanol–water partition coefficient (Wildman–Crippen LogP) is 2.13. The molecule has 0 spiro atoms. The van der Waals surface area contributed by atoms with Gasteiger partial charge in [0.2, 0.25) is 0 Å². The van der Waals surface area contributed by atoms with Crippen LogP contribution < -0.4 is 10.1 Å². The molecule has 1 N–H and O–H groups in total. The van der Waals surface area contributed by atoms with Gasteiger partial charge < -0.3 is 10.1 Å². The summed E-state index contributed by atoms with van der Waals surface area (Å²) in [7, 11) is 0. The van der Waals surface area contributed by atoms with E-state index < -0.39 is 0 Å². The molecule has 1 aromatic rings. The van der Waals surface area contributed by atoms with Crippen LogP contribution in [-0.4, -0.2) is 37.7 Å². The molecule has 0 radical (unpaired) electrons. The number of nitrogens with zero attached hydrogens (tertiary/aromatic N) is 1. The van der Waals surface area contributed by atoms with E-state index in [9.17, 15) is 0 Å². The fraction of sp³-hybridized carbons (Fsp3) is 0.625. The normalized spacial score (nSPS) is 26.6. The third kappa shape index (κ3) is 3.10. The lowest BCUT2D eigenvalue weighted by atomic mass is 10.0. The van der Waals surface area contributed by atoms with E-state index in [1.807, 2.05) is 0 Å². The van der Waals surface area contributed by atoms with Crippen molar-refractivity contribution in [1.82, 2.24) is 10.2 Å². The van der Waals surface area contributed by atoms with Gasteiger partial charge in [0.05, 0.1) is 6.61 Å². The number of rotatable bonds is 5. The molecule has 2 heterocycles. The van der Waals surface area contributed by atoms with Crippen molar-refractivity contribution in [3.63, 3.8) is 0 Å². The molecule has 19 heavy (non-hydrogen) atoms. The Hall–Kier alpha value is -1.06. The maximum absolute atomic E-state index is 5.71. The maximum Gasteiger partial charge on any atom is 0.119 e. The molecule has 0 aromatic heterocycles. The molecule has 0 saturated carbocycles. The lowest BCUT2D eigenvalue weighted by molar-refractivity contribution is 0.301. The van der Waals surface area contributed by atoms with Crippen LogP contribution in [0.5, 0.6) is 5.75 Å². The van der Waals surface area contributed by atoms with Crippen molar-refractivity contribution in [3.8, 4) is 5.75 Å². The summed E-state index contributed by atoms with van der Waals surface area (Å²) in [5, 5.41) is 3.49. The van der Waals surface area contributed by atoms with Crippen LogP contribution in [0.3, 0.4) is 0 Å². The third-order valence-electron chi connectivity index (χ3n) is 4.24. The Bertz CT molecular complexity index is 409. The Labute approximate surface area is 115 Å². The zero-order valence-electron chi connectivity index (χ0n) is 11.8. The molecular weight excluding hydrogens is 236 g/mol. The van der Waals surface area contributed by atoms with Gasteiger partial charge in [0.1, 0.15) is 5.75 Å². The lowest BCUT2D eigenvalue weighted by Gasteiger charge is -2.17. The van der Waals surface area contributed by atoms with Crippen molar-refractivity contribution in [1.29, 1.82) is 0 Å². The van der Waals surface area contributed by atoms with Crippen molar-refractivity contribution in [2.75, 3.05) is 32.8 Å². The average molecular weight is 260 g/mol. The zero-order valence-corrected chi connectivity index (χ0v) is 11.8. The molecule has 0 amide bonds. The molecule has 2 aliphatic heterocycles. The predicted molar refractivity (Wildman–Crippen MR) is 77.4 cm³/mol. The van der Waals surface area contributed by atoms with Crippen molar-refractivity contribution in [3.05, 3.63) is 29.8 Å². The Kier molecular flexibility index (Phi) is 4.04. The number of ether oxygens (including phenoxy) is 1. The van der Waals surface area contributed by atoms with E-state index in [0.29, 0.717) is 0 Å². The van der Waals surface area contributed by atoms with Crippen molar-refractivity contribution < 1.29 is 4.74 Å². The van der Waals surface area contributed by atoms with E-state index in [4.69, 9.17) is 4.74 Å². The number of hydrogen-bond acceptors (Lipinski definition) is 3. The first-order valence-electron chi connectivity index (χ1n) is 7.50. The number of fused-ring (bicyclic) bond motifs is 1. The Morgan fingerprint density at radius 1 is 1.26 bits per heavy atom. The molecular formula is C16H24N2O. The largest absolute Gasteiger partial charge is 0.494 e. The van der Waals surface area contributed by atoms with Gasteiger partial charge in [-0.3, -0.25) is 4.90 Å². The van der Waals surface area contributed by atoms with E-state index in [1.54, 1.807) is 0 Å². The third-order valence-corrected chi connectivity index (χ3v) is 4.24. The topological polar surface area (TPSA) is 24.5 Å². The molecule has 1 aromatic carbocycles. The van der Waals surface area contributed by atoms with Crippen LogP contribution in [0.25, 0.3) is 0 Å². The number of benzene rings is 1. The highest BCUT2D eigenvalue weighted by Crippen LogP contribution is 2.27. The minimum Gasteiger partial charge on any atom is -0.494 e. The van der Waals surface area contributed by atoms with Gasteiger partial charge in [-0.25, -0.2) is 0 Å². The first-order chi connectivity index (χ1) is 9.35. The summed E-state index contributed by atoms with van der Waals surface area (Å²) in [5.41, 5.74) is 1.38. The van der Waals surface area contributed by atoms with Crippen LogP contribution in [0.4, 0.5) is 0 Å². The lowest BCUT2D eigenvalue weighted by Crippen LogP contribution is -2.25. The van der Waals surface area contributed by atoms with Crippen LogP contribution in [0.1, 0.15) is 18.9 Å². The summed E-state index contributed by atoms with van der Waals surface area (Å²) < 4.78 is 5.71. The second-order valence-electron chi connectivity index (χ2n) is 5.87. The first kappa shape index (κ1) is 12.9. The van der Waals surface area contributed by atoms with Crippen LogP contribution in [0, 0.1) is 11.8 Å². The van der Waals surface area contributed by atoms with E-state index in [-0.39, 0.29) is 0 Å². The van der Waals surface area contributed by atoms with Gasteiger partial charge in [0.25, 0.3) is 0 Å². The summed E-state index contributed by atoms with van der Waals surface area (Å²) in [6.45, 7) is 8.93. The molecule has 0 aliphatic carbocycles. The summed E-state index contributed by atoms with van der Waals surface area (Å²) >= 11 is 0. The van der Waals surface area contributed by atoms with E-state index in [2.05, 4.69) is 41.4 Å². The highest BCUT2D eigenvalue weighted by atomic mass is 16.5. The molecule has 3 nitrogen and oxygen atoms in total. The van der Waals surface area contributed by atoms with Gasteiger partial charge in [0, 0.05) is 19.6 Å². The molecule has 3 heteroatoms. The highest BCUT2D eigenvalue weighted by Gasteiger charge is 2.35. The highest BCUT2D eigenvalue weighted by molar-refractivity contribution is 5.28. The quantitative estimate of drug-likeness (QED) is 0.877. The van der Waals surface area contributed by atoms with Gasteiger partial charge in [-0.15, -0.1) is 0 Å². The Morgan fingerprint density at radius 3 is 2.79 bits per heavy atom. The van der Waals surface area contributed by atoms with Crippen LogP contribution in [-0.2, 0) is 6.54 Å². The molecule has 3 rings (SSSR count). The standard InChI is InChI=1S/C16H24N2O/c1-2-6-19-16-5-3-4-13(7-16)10-18-11-14-8-17-9-15(14)12-18/h3-5,7,14-15,17H,2,6,8-12H2,1H3/t14-,15+. The monoisotopic (exact) mass is 260 g/mol. The minimum absolute atomic E-state index is 0.809. The van der Waals surface area contributed by atoms with E-state index in [1.165, 1.54) is 31.7 Å². The fourth-order valence-electron chi connectivity index (χ4n) is 3.29. The van der Waals surface area contributed by atoms with Crippen LogP contribution in [0.2, 0.25) is 0 Å². The number of likely N-dealkylation sites (tertiary alicyclic amines) is 1. The maximum atomic E-state index is 5.71.